The van der Waals surface area contributed by atoms with Crippen LogP contribution in [0.2, 0.25) is 0 Å². The van der Waals surface area contributed by atoms with Crippen LogP contribution >= 0.6 is 0 Å². The van der Waals surface area contributed by atoms with Gasteiger partial charge < -0.3 is 10.2 Å². The van der Waals surface area contributed by atoms with Crippen molar-refractivity contribution in [3.8, 4) is 0 Å². The molecule has 0 aromatic heterocycles. The number of allylic oxidation sites excluding steroid dienone is 3. The van der Waals surface area contributed by atoms with E-state index in [1.54, 1.807) is 5.57 Å². The lowest BCUT2D eigenvalue weighted by molar-refractivity contribution is 0.104. The summed E-state index contributed by atoms with van der Waals surface area (Å²) in [6, 6.07) is 0. The first-order chi connectivity index (χ1) is 11.8. The summed E-state index contributed by atoms with van der Waals surface area (Å²) in [6.45, 7) is 11.1. The van der Waals surface area contributed by atoms with E-state index in [0.29, 0.717) is 23.8 Å². The molecular formula is C23H36O2. The van der Waals surface area contributed by atoms with Crippen LogP contribution < -0.4 is 0 Å². The van der Waals surface area contributed by atoms with E-state index in [0.717, 1.165) is 24.2 Å². The monoisotopic (exact) mass is 344 g/mol. The average molecular weight is 345 g/mol. The quantitative estimate of drug-likeness (QED) is 0.693. The van der Waals surface area contributed by atoms with Gasteiger partial charge in [0, 0.05) is 0 Å². The maximum absolute atomic E-state index is 9.99. The Morgan fingerprint density at radius 2 is 1.84 bits per heavy atom. The van der Waals surface area contributed by atoms with Gasteiger partial charge in [0.1, 0.15) is 0 Å². The highest BCUT2D eigenvalue weighted by molar-refractivity contribution is 5.25. The van der Waals surface area contributed by atoms with E-state index in [4.69, 9.17) is 0 Å². The van der Waals surface area contributed by atoms with Crippen molar-refractivity contribution in [1.82, 2.24) is 0 Å². The van der Waals surface area contributed by atoms with Crippen molar-refractivity contribution in [1.29, 1.82) is 0 Å². The van der Waals surface area contributed by atoms with E-state index >= 15 is 0 Å². The van der Waals surface area contributed by atoms with E-state index in [1.807, 2.05) is 0 Å². The predicted molar refractivity (Wildman–Crippen MR) is 104 cm³/mol. The molecule has 3 aliphatic rings. The lowest BCUT2D eigenvalue weighted by atomic mass is 9.61. The number of aliphatic hydroxyl groups is 2. The first-order valence-corrected chi connectivity index (χ1v) is 10.2. The molecule has 2 N–H and O–H groups in total. The van der Waals surface area contributed by atoms with Crippen molar-refractivity contribution in [3.05, 3.63) is 35.5 Å². The molecule has 0 amide bonds. The molecule has 2 heteroatoms. The Balaban J connectivity index is 1.68. The van der Waals surface area contributed by atoms with Gasteiger partial charge in [0.05, 0.1) is 12.2 Å². The van der Waals surface area contributed by atoms with Gasteiger partial charge in [-0.15, -0.1) is 0 Å². The van der Waals surface area contributed by atoms with Crippen LogP contribution in [0.25, 0.3) is 0 Å². The summed E-state index contributed by atoms with van der Waals surface area (Å²) in [4.78, 5) is 0. The maximum Gasteiger partial charge on any atom is 0.0809 e. The third-order valence-corrected chi connectivity index (χ3v) is 7.40. The van der Waals surface area contributed by atoms with Gasteiger partial charge in [0.25, 0.3) is 0 Å². The van der Waals surface area contributed by atoms with Gasteiger partial charge in [-0.1, -0.05) is 50.6 Å². The van der Waals surface area contributed by atoms with Crippen molar-refractivity contribution >= 4 is 0 Å². The predicted octanol–water partition coefficient (Wildman–Crippen LogP) is 5.17. The minimum atomic E-state index is -0.581. The molecule has 0 heterocycles. The molecule has 140 valence electrons. The second kappa shape index (κ2) is 7.40. The zero-order chi connectivity index (χ0) is 18.2. The summed E-state index contributed by atoms with van der Waals surface area (Å²) in [7, 11) is 0. The van der Waals surface area contributed by atoms with Crippen LogP contribution in [-0.4, -0.2) is 22.4 Å². The van der Waals surface area contributed by atoms with E-state index in [1.165, 1.54) is 37.7 Å². The van der Waals surface area contributed by atoms with Gasteiger partial charge in [0.2, 0.25) is 0 Å². The Labute approximate surface area is 153 Å². The summed E-state index contributed by atoms with van der Waals surface area (Å²) < 4.78 is 0. The molecule has 5 atom stereocenters. The van der Waals surface area contributed by atoms with Crippen LogP contribution in [-0.2, 0) is 0 Å². The fourth-order valence-electron chi connectivity index (χ4n) is 6.03. The second-order valence-electron chi connectivity index (χ2n) is 9.23. The molecule has 0 spiro atoms. The summed E-state index contributed by atoms with van der Waals surface area (Å²) in [5.74, 6) is 2.43. The summed E-state index contributed by atoms with van der Waals surface area (Å²) in [5, 5.41) is 20.0. The number of hydrogen-bond donors (Lipinski definition) is 2. The zero-order valence-corrected chi connectivity index (χ0v) is 16.3. The molecule has 3 rings (SSSR count). The highest BCUT2D eigenvalue weighted by Crippen LogP contribution is 2.59. The summed E-state index contributed by atoms with van der Waals surface area (Å²) >= 11 is 0. The molecule has 0 bridgehead atoms. The van der Waals surface area contributed by atoms with Gasteiger partial charge in [-0.05, 0) is 80.1 Å². The lowest BCUT2D eigenvalue weighted by Gasteiger charge is -2.44. The fraction of sp³-hybridized carbons (Fsp3) is 0.739. The average Bonchev–Trinajstić information content (AvgIpc) is 2.90. The Bertz CT molecular complexity index is 555. The Hall–Kier alpha value is -0.860. The molecule has 2 nitrogen and oxygen atoms in total. The highest BCUT2D eigenvalue weighted by atomic mass is 16.3. The molecule has 25 heavy (non-hydrogen) atoms. The molecule has 2 unspecified atom stereocenters. The molecule has 0 aliphatic heterocycles. The van der Waals surface area contributed by atoms with Crippen molar-refractivity contribution < 1.29 is 10.2 Å². The van der Waals surface area contributed by atoms with Crippen LogP contribution in [0.3, 0.4) is 0 Å². The highest BCUT2D eigenvalue weighted by Gasteiger charge is 2.49. The van der Waals surface area contributed by atoms with Gasteiger partial charge in [-0.25, -0.2) is 0 Å². The van der Waals surface area contributed by atoms with Crippen molar-refractivity contribution in [2.45, 2.75) is 84.3 Å². The molecule has 3 fully saturated rings. The molecule has 0 saturated heterocycles. The van der Waals surface area contributed by atoms with Crippen LogP contribution in [0.4, 0.5) is 0 Å². The summed E-state index contributed by atoms with van der Waals surface area (Å²) in [5.41, 5.74) is 3.92. The Morgan fingerprint density at radius 3 is 2.48 bits per heavy atom. The third kappa shape index (κ3) is 3.66. The topological polar surface area (TPSA) is 40.5 Å². The minimum absolute atomic E-state index is 0.500. The first-order valence-electron chi connectivity index (χ1n) is 10.2. The number of rotatable bonds is 3. The zero-order valence-electron chi connectivity index (χ0n) is 16.3. The second-order valence-corrected chi connectivity index (χ2v) is 9.23. The normalized spacial score (nSPS) is 40.6. The van der Waals surface area contributed by atoms with E-state index in [2.05, 4.69) is 39.5 Å². The molecule has 0 radical (unpaired) electrons. The van der Waals surface area contributed by atoms with Crippen molar-refractivity contribution in [2.24, 2.45) is 23.2 Å². The van der Waals surface area contributed by atoms with Crippen molar-refractivity contribution in [3.63, 3.8) is 0 Å². The standard InChI is InChI=1S/C23H36O2/c1-15(2)19-10-11-20-18(9-6-12-23(19,20)4)8-5-7-17-13-21(24)16(3)22(25)14-17/h7-8,15,19-22,24-25H,3,5-6,9-14H2,1-2,4H3/b18-8+/t19?,20?,21-,22-,23-/m1/s1. The number of fused-ring (bicyclic) bond motifs is 1. The summed E-state index contributed by atoms with van der Waals surface area (Å²) in [6.07, 6.45) is 12.5. The van der Waals surface area contributed by atoms with Crippen LogP contribution in [0, 0.1) is 23.2 Å². The SMILES string of the molecule is C=C1[C@H](O)CC(=CC/C=C2\CCC[C@@]3(C)C2CCC3C(C)C)C[C@H]1O. The number of hydrogen-bond acceptors (Lipinski definition) is 2. The number of aliphatic hydroxyl groups excluding tert-OH is 2. The Kier molecular flexibility index (Phi) is 5.60. The molecule has 3 saturated carbocycles. The van der Waals surface area contributed by atoms with Crippen molar-refractivity contribution in [2.75, 3.05) is 0 Å². The Morgan fingerprint density at radius 1 is 1.16 bits per heavy atom. The largest absolute Gasteiger partial charge is 0.388 e. The van der Waals surface area contributed by atoms with E-state index < -0.39 is 12.2 Å². The van der Waals surface area contributed by atoms with Gasteiger partial charge in [-0.3, -0.25) is 0 Å². The first kappa shape index (κ1) is 18.9. The molecular weight excluding hydrogens is 308 g/mol. The maximum atomic E-state index is 9.99. The van der Waals surface area contributed by atoms with E-state index in [-0.39, 0.29) is 0 Å². The lowest BCUT2D eigenvalue weighted by Crippen LogP contribution is -2.35. The minimum Gasteiger partial charge on any atom is -0.388 e. The fourth-order valence-corrected chi connectivity index (χ4v) is 6.03. The van der Waals surface area contributed by atoms with Crippen LogP contribution in [0.15, 0.2) is 35.5 Å². The van der Waals surface area contributed by atoms with Crippen LogP contribution in [0.5, 0.6) is 0 Å². The smallest absolute Gasteiger partial charge is 0.0809 e. The molecule has 0 aromatic carbocycles. The van der Waals surface area contributed by atoms with Crippen LogP contribution in [0.1, 0.15) is 72.1 Å². The third-order valence-electron chi connectivity index (χ3n) is 7.40. The van der Waals surface area contributed by atoms with Gasteiger partial charge >= 0.3 is 0 Å². The molecule has 3 aliphatic carbocycles. The van der Waals surface area contributed by atoms with E-state index in [9.17, 15) is 10.2 Å². The van der Waals surface area contributed by atoms with Gasteiger partial charge in [-0.2, -0.15) is 0 Å². The molecule has 0 aromatic rings. The van der Waals surface area contributed by atoms with Gasteiger partial charge in [0.15, 0.2) is 0 Å².